The molecule has 0 saturated heterocycles. The molecule has 0 fully saturated rings. The van der Waals surface area contributed by atoms with Crippen molar-refractivity contribution in [1.82, 2.24) is 4.57 Å². The predicted molar refractivity (Wildman–Crippen MR) is 112 cm³/mol. The second-order valence-electron chi connectivity index (χ2n) is 6.56. The van der Waals surface area contributed by atoms with Gasteiger partial charge in [-0.05, 0) is 11.1 Å². The highest BCUT2D eigenvalue weighted by Crippen LogP contribution is 2.31. The molecule has 0 spiro atoms. The summed E-state index contributed by atoms with van der Waals surface area (Å²) in [5.74, 6) is -1.81. The Balaban J connectivity index is 2.17. The number of nitrogens with two attached hydrogens (primary N) is 1. The Kier molecular flexibility index (Phi) is 6.16. The number of aromatic nitrogens is 1. The average Bonchev–Trinajstić information content (AvgIpc) is 2.74. The molecule has 1 heterocycles. The first kappa shape index (κ1) is 21.4. The van der Waals surface area contributed by atoms with E-state index >= 15 is 0 Å². The molecule has 0 amide bonds. The Morgan fingerprint density at radius 1 is 1.13 bits per heavy atom. The molecular weight excluding hydrogens is 408 g/mol. The number of carboxylic acids is 1. The van der Waals surface area contributed by atoms with Crippen LogP contribution in [0.4, 0.5) is 0 Å². The largest absolute Gasteiger partial charge is 0.482 e. The van der Waals surface area contributed by atoms with Crippen molar-refractivity contribution in [1.29, 1.82) is 0 Å². The van der Waals surface area contributed by atoms with Crippen molar-refractivity contribution in [3.8, 4) is 5.75 Å². The fourth-order valence-corrected chi connectivity index (χ4v) is 3.88. The minimum atomic E-state index is -2.67. The highest BCUT2D eigenvalue weighted by atomic mass is 32.2. The van der Waals surface area contributed by atoms with E-state index in [0.717, 1.165) is 16.2 Å². The zero-order valence-corrected chi connectivity index (χ0v) is 16.8. The Labute approximate surface area is 174 Å². The van der Waals surface area contributed by atoms with Gasteiger partial charge in [0.1, 0.15) is 6.61 Å². The van der Waals surface area contributed by atoms with Gasteiger partial charge in [-0.25, -0.2) is 9.00 Å². The number of ether oxygens (including phenoxy) is 1. The summed E-state index contributed by atoms with van der Waals surface area (Å²) in [5.41, 5.74) is 5.92. The van der Waals surface area contributed by atoms with Gasteiger partial charge in [0.15, 0.2) is 27.4 Å². The smallest absolute Gasteiger partial charge is 0.356 e. The van der Waals surface area contributed by atoms with Crippen LogP contribution in [0.3, 0.4) is 0 Å². The van der Waals surface area contributed by atoms with Crippen LogP contribution in [0.2, 0.25) is 0 Å². The molecule has 0 saturated carbocycles. The molecule has 9 heteroatoms. The van der Waals surface area contributed by atoms with Crippen LogP contribution in [0.1, 0.15) is 27.3 Å². The van der Waals surface area contributed by atoms with Crippen LogP contribution >= 0.6 is 0 Å². The zero-order valence-electron chi connectivity index (χ0n) is 16.0. The lowest BCUT2D eigenvalue weighted by Crippen LogP contribution is -2.45. The highest BCUT2D eigenvalue weighted by molar-refractivity contribution is 7.80. The van der Waals surface area contributed by atoms with E-state index in [4.69, 9.17) is 10.5 Å². The van der Waals surface area contributed by atoms with E-state index in [1.807, 2.05) is 6.07 Å². The molecule has 4 N–H and O–H groups in total. The van der Waals surface area contributed by atoms with Crippen LogP contribution in [0.25, 0.3) is 0 Å². The average molecular weight is 428 g/mol. The van der Waals surface area contributed by atoms with Crippen molar-refractivity contribution >= 4 is 17.0 Å². The SMILES string of the molecule is Cn1c(C(N)(c2ccccc2)S(=O)O)cc(=O)c(OCc2ccccc2)c1C(=O)O. The van der Waals surface area contributed by atoms with E-state index in [1.165, 1.54) is 19.2 Å². The number of carbonyl (C=O) groups is 1. The van der Waals surface area contributed by atoms with Crippen LogP contribution in [0.15, 0.2) is 71.5 Å². The van der Waals surface area contributed by atoms with Crippen molar-refractivity contribution in [3.05, 3.63) is 99.5 Å². The van der Waals surface area contributed by atoms with Crippen LogP contribution in [0.5, 0.6) is 5.75 Å². The number of aromatic carboxylic acids is 1. The molecule has 156 valence electrons. The van der Waals surface area contributed by atoms with Crippen LogP contribution < -0.4 is 15.9 Å². The second kappa shape index (κ2) is 8.62. The van der Waals surface area contributed by atoms with E-state index in [-0.39, 0.29) is 23.6 Å². The molecule has 8 nitrogen and oxygen atoms in total. The zero-order chi connectivity index (χ0) is 21.9. The lowest BCUT2D eigenvalue weighted by Gasteiger charge is -2.29. The summed E-state index contributed by atoms with van der Waals surface area (Å²) in [6.07, 6.45) is 0. The number of benzene rings is 2. The summed E-state index contributed by atoms with van der Waals surface area (Å²) < 4.78 is 28.9. The first-order valence-corrected chi connectivity index (χ1v) is 9.97. The highest BCUT2D eigenvalue weighted by Gasteiger charge is 2.40. The number of pyridine rings is 1. The maximum Gasteiger partial charge on any atom is 0.356 e. The number of rotatable bonds is 7. The topological polar surface area (TPSA) is 132 Å². The maximum atomic E-state index is 12.8. The molecule has 30 heavy (non-hydrogen) atoms. The van der Waals surface area contributed by atoms with Crippen LogP contribution in [-0.4, -0.2) is 24.4 Å². The third-order valence-corrected chi connectivity index (χ3v) is 5.69. The molecule has 1 aromatic heterocycles. The van der Waals surface area contributed by atoms with Gasteiger partial charge in [-0.15, -0.1) is 0 Å². The number of hydrogen-bond acceptors (Lipinski definition) is 5. The van der Waals surface area contributed by atoms with Gasteiger partial charge >= 0.3 is 5.97 Å². The summed E-state index contributed by atoms with van der Waals surface area (Å²) in [6, 6.07) is 18.0. The van der Waals surface area contributed by atoms with Crippen molar-refractivity contribution in [2.24, 2.45) is 12.8 Å². The monoisotopic (exact) mass is 428 g/mol. The molecule has 0 aliphatic carbocycles. The van der Waals surface area contributed by atoms with E-state index in [1.54, 1.807) is 42.5 Å². The quantitative estimate of drug-likeness (QED) is 0.491. The van der Waals surface area contributed by atoms with E-state index < -0.39 is 33.0 Å². The van der Waals surface area contributed by atoms with Gasteiger partial charge in [0.25, 0.3) is 0 Å². The molecule has 0 aliphatic rings. The molecule has 2 unspecified atom stereocenters. The minimum Gasteiger partial charge on any atom is -0.482 e. The summed E-state index contributed by atoms with van der Waals surface area (Å²) in [5, 5.41) is 9.75. The van der Waals surface area contributed by atoms with Gasteiger partial charge in [0.05, 0.1) is 5.69 Å². The van der Waals surface area contributed by atoms with Gasteiger partial charge in [-0.2, -0.15) is 0 Å². The first-order chi connectivity index (χ1) is 14.3. The lowest BCUT2D eigenvalue weighted by atomic mass is 10.0. The molecule has 3 rings (SSSR count). The third-order valence-electron chi connectivity index (χ3n) is 4.69. The Hall–Kier alpha value is -3.27. The van der Waals surface area contributed by atoms with E-state index in [2.05, 4.69) is 0 Å². The predicted octanol–water partition coefficient (Wildman–Crippen LogP) is 2.04. The number of hydrogen-bond donors (Lipinski definition) is 3. The van der Waals surface area contributed by atoms with E-state index in [0.29, 0.717) is 0 Å². The van der Waals surface area contributed by atoms with Gasteiger partial charge in [0.2, 0.25) is 5.43 Å². The molecule has 2 aromatic carbocycles. The van der Waals surface area contributed by atoms with Crippen molar-refractivity contribution in [2.45, 2.75) is 11.5 Å². The molecule has 0 aliphatic heterocycles. The fraction of sp³-hybridized carbons (Fsp3) is 0.143. The maximum absolute atomic E-state index is 12.8. The van der Waals surface area contributed by atoms with Gasteiger partial charge in [-0.3, -0.25) is 4.79 Å². The van der Waals surface area contributed by atoms with Gasteiger partial charge in [0, 0.05) is 13.1 Å². The summed E-state index contributed by atoms with van der Waals surface area (Å²) >= 11 is -2.67. The van der Waals surface area contributed by atoms with E-state index in [9.17, 15) is 23.5 Å². The summed E-state index contributed by atoms with van der Waals surface area (Å²) in [6.45, 7) is -0.0198. The molecular formula is C21H20N2O6S. The Morgan fingerprint density at radius 2 is 1.70 bits per heavy atom. The number of nitrogens with zero attached hydrogens (tertiary/aromatic N) is 1. The Bertz CT molecular complexity index is 1150. The van der Waals surface area contributed by atoms with Crippen molar-refractivity contribution in [3.63, 3.8) is 0 Å². The number of carboxylic acid groups (broad SMARTS) is 1. The van der Waals surface area contributed by atoms with Crippen molar-refractivity contribution in [2.75, 3.05) is 0 Å². The normalized spacial score (nSPS) is 14.0. The minimum absolute atomic E-state index is 0.0198. The van der Waals surface area contributed by atoms with Gasteiger partial charge in [-0.1, -0.05) is 60.7 Å². The van der Waals surface area contributed by atoms with Crippen molar-refractivity contribution < 1.29 is 23.4 Å². The van der Waals surface area contributed by atoms with Crippen LogP contribution in [0, 0.1) is 0 Å². The lowest BCUT2D eigenvalue weighted by molar-refractivity contribution is 0.0678. The summed E-state index contributed by atoms with van der Waals surface area (Å²) in [7, 11) is 1.35. The standard InChI is InChI=1S/C21H20N2O6S/c1-23-17(21(22,30(27)28)15-10-6-3-7-11-15)12-16(24)19(18(23)20(25)26)29-13-14-8-4-2-5-9-14/h2-12H,13,22H2,1H3,(H,25,26)(H,27,28). The Morgan fingerprint density at radius 3 is 2.23 bits per heavy atom. The molecule has 2 atom stereocenters. The van der Waals surface area contributed by atoms with Gasteiger partial charge < -0.3 is 24.7 Å². The molecule has 3 aromatic rings. The third kappa shape index (κ3) is 3.90. The van der Waals surface area contributed by atoms with Crippen LogP contribution in [-0.2, 0) is 29.6 Å². The molecule has 0 radical (unpaired) electrons. The fourth-order valence-electron chi connectivity index (χ4n) is 3.17. The molecule has 0 bridgehead atoms. The summed E-state index contributed by atoms with van der Waals surface area (Å²) in [4.78, 5) is 22.7. The first-order valence-electron chi connectivity index (χ1n) is 8.86. The second-order valence-corrected chi connectivity index (χ2v) is 7.70.